The summed E-state index contributed by atoms with van der Waals surface area (Å²) in [4.78, 5) is 0. The summed E-state index contributed by atoms with van der Waals surface area (Å²) in [7, 11) is 0. The van der Waals surface area contributed by atoms with Crippen molar-refractivity contribution in [1.82, 2.24) is 0 Å². The van der Waals surface area contributed by atoms with Gasteiger partial charge in [0.1, 0.15) is 12.4 Å². The van der Waals surface area contributed by atoms with Crippen LogP contribution in [0.25, 0.3) is 0 Å². The largest absolute Gasteiger partial charge is 0.489 e. The maximum atomic E-state index is 5.97. The molecule has 0 saturated carbocycles. The molecule has 0 aliphatic rings. The lowest BCUT2D eigenvalue weighted by Gasteiger charge is -2.14. The third-order valence-electron chi connectivity index (χ3n) is 2.89. The van der Waals surface area contributed by atoms with Gasteiger partial charge in [-0.25, -0.2) is 0 Å². The van der Waals surface area contributed by atoms with Gasteiger partial charge in [-0.05, 0) is 25.5 Å². The first-order valence-electron chi connectivity index (χ1n) is 6.19. The molecular weight excluding hydrogens is 222 g/mol. The van der Waals surface area contributed by atoms with Crippen molar-refractivity contribution < 1.29 is 4.74 Å². The second-order valence-electron chi connectivity index (χ2n) is 4.60. The minimum atomic E-state index is -0.0179. The zero-order valence-corrected chi connectivity index (χ0v) is 10.9. The van der Waals surface area contributed by atoms with Crippen LogP contribution in [0.2, 0.25) is 0 Å². The van der Waals surface area contributed by atoms with Crippen molar-refractivity contribution >= 4 is 0 Å². The van der Waals surface area contributed by atoms with E-state index in [9.17, 15) is 0 Å². The van der Waals surface area contributed by atoms with Crippen molar-refractivity contribution in [3.8, 4) is 5.75 Å². The summed E-state index contributed by atoms with van der Waals surface area (Å²) in [6.07, 6.45) is 0. The Balaban J connectivity index is 2.14. The molecule has 0 aliphatic heterocycles. The van der Waals surface area contributed by atoms with Crippen LogP contribution in [-0.4, -0.2) is 0 Å². The molecule has 1 atom stereocenters. The summed E-state index contributed by atoms with van der Waals surface area (Å²) in [5, 5.41) is 0. The molecule has 2 aromatic carbocycles. The molecule has 1 unspecified atom stereocenters. The lowest BCUT2D eigenvalue weighted by molar-refractivity contribution is 0.301. The highest BCUT2D eigenvalue weighted by Gasteiger charge is 2.08. The number of hydrogen-bond donors (Lipinski definition) is 1. The van der Waals surface area contributed by atoms with Crippen molar-refractivity contribution in [3.63, 3.8) is 0 Å². The summed E-state index contributed by atoms with van der Waals surface area (Å²) in [5.41, 5.74) is 9.40. The minimum Gasteiger partial charge on any atom is -0.489 e. The lowest BCUT2D eigenvalue weighted by Crippen LogP contribution is -2.08. The first kappa shape index (κ1) is 12.7. The summed E-state index contributed by atoms with van der Waals surface area (Å²) in [5.74, 6) is 0.874. The Labute approximate surface area is 108 Å². The van der Waals surface area contributed by atoms with Crippen LogP contribution in [0.1, 0.15) is 29.7 Å². The topological polar surface area (TPSA) is 35.2 Å². The highest BCUT2D eigenvalue weighted by molar-refractivity contribution is 5.38. The predicted octanol–water partition coefficient (Wildman–Crippen LogP) is 3.59. The fraction of sp³-hybridized carbons (Fsp3) is 0.250. The van der Waals surface area contributed by atoms with Crippen LogP contribution >= 0.6 is 0 Å². The van der Waals surface area contributed by atoms with Gasteiger partial charge in [-0.1, -0.05) is 48.0 Å². The van der Waals surface area contributed by atoms with Crippen molar-refractivity contribution in [2.45, 2.75) is 26.5 Å². The molecule has 0 radical (unpaired) electrons. The highest BCUT2D eigenvalue weighted by atomic mass is 16.5. The SMILES string of the molecule is Cc1ccc(OCc2ccccc2)c(C(C)N)c1. The maximum Gasteiger partial charge on any atom is 0.124 e. The van der Waals surface area contributed by atoms with Gasteiger partial charge in [-0.3, -0.25) is 0 Å². The third kappa shape index (κ3) is 3.11. The van der Waals surface area contributed by atoms with E-state index in [2.05, 4.69) is 25.1 Å². The maximum absolute atomic E-state index is 5.97. The minimum absolute atomic E-state index is 0.0179. The number of rotatable bonds is 4. The van der Waals surface area contributed by atoms with Crippen molar-refractivity contribution in [1.29, 1.82) is 0 Å². The van der Waals surface area contributed by atoms with E-state index in [0.717, 1.165) is 16.9 Å². The van der Waals surface area contributed by atoms with Gasteiger partial charge in [0, 0.05) is 11.6 Å². The second kappa shape index (κ2) is 5.69. The molecule has 0 amide bonds. The molecule has 2 heteroatoms. The Hall–Kier alpha value is -1.80. The number of benzene rings is 2. The Kier molecular flexibility index (Phi) is 4.00. The van der Waals surface area contributed by atoms with Gasteiger partial charge in [0.15, 0.2) is 0 Å². The molecule has 0 spiro atoms. The molecule has 0 fully saturated rings. The van der Waals surface area contributed by atoms with E-state index in [1.807, 2.05) is 37.3 Å². The van der Waals surface area contributed by atoms with E-state index in [1.54, 1.807) is 0 Å². The van der Waals surface area contributed by atoms with Crippen LogP contribution in [0, 0.1) is 6.92 Å². The van der Waals surface area contributed by atoms with Crippen molar-refractivity contribution in [2.75, 3.05) is 0 Å². The molecule has 2 aromatic rings. The zero-order chi connectivity index (χ0) is 13.0. The van der Waals surface area contributed by atoms with Crippen LogP contribution in [0.15, 0.2) is 48.5 Å². The van der Waals surface area contributed by atoms with Crippen LogP contribution < -0.4 is 10.5 Å². The molecule has 2 rings (SSSR count). The molecule has 2 N–H and O–H groups in total. The van der Waals surface area contributed by atoms with Crippen LogP contribution in [0.4, 0.5) is 0 Å². The molecule has 0 saturated heterocycles. The monoisotopic (exact) mass is 241 g/mol. The van der Waals surface area contributed by atoms with Gasteiger partial charge in [0.25, 0.3) is 0 Å². The van der Waals surface area contributed by atoms with Crippen LogP contribution in [0.5, 0.6) is 5.75 Å². The molecule has 0 heterocycles. The second-order valence-corrected chi connectivity index (χ2v) is 4.60. The third-order valence-corrected chi connectivity index (χ3v) is 2.89. The first-order chi connectivity index (χ1) is 8.66. The van der Waals surface area contributed by atoms with E-state index in [-0.39, 0.29) is 6.04 Å². The first-order valence-corrected chi connectivity index (χ1v) is 6.19. The Morgan fingerprint density at radius 3 is 2.50 bits per heavy atom. The molecule has 0 bridgehead atoms. The standard InChI is InChI=1S/C16H19NO/c1-12-8-9-16(15(10-12)13(2)17)18-11-14-6-4-3-5-7-14/h3-10,13H,11,17H2,1-2H3. The number of aryl methyl sites for hydroxylation is 1. The quantitative estimate of drug-likeness (QED) is 0.887. The average molecular weight is 241 g/mol. The molecule has 0 aliphatic carbocycles. The normalized spacial score (nSPS) is 12.2. The molecular formula is C16H19NO. The van der Waals surface area contributed by atoms with Crippen molar-refractivity contribution in [2.24, 2.45) is 5.73 Å². The fourth-order valence-electron chi connectivity index (χ4n) is 1.89. The van der Waals surface area contributed by atoms with E-state index in [1.165, 1.54) is 5.56 Å². The Morgan fingerprint density at radius 2 is 1.83 bits per heavy atom. The Morgan fingerprint density at radius 1 is 1.11 bits per heavy atom. The van der Waals surface area contributed by atoms with E-state index < -0.39 is 0 Å². The van der Waals surface area contributed by atoms with E-state index >= 15 is 0 Å². The van der Waals surface area contributed by atoms with E-state index in [4.69, 9.17) is 10.5 Å². The van der Waals surface area contributed by atoms with Crippen molar-refractivity contribution in [3.05, 3.63) is 65.2 Å². The zero-order valence-electron chi connectivity index (χ0n) is 10.9. The fourth-order valence-corrected chi connectivity index (χ4v) is 1.89. The van der Waals surface area contributed by atoms with Gasteiger partial charge in [0.2, 0.25) is 0 Å². The lowest BCUT2D eigenvalue weighted by atomic mass is 10.1. The van der Waals surface area contributed by atoms with E-state index in [0.29, 0.717) is 6.61 Å². The van der Waals surface area contributed by atoms with Gasteiger partial charge in [-0.15, -0.1) is 0 Å². The molecule has 2 nitrogen and oxygen atoms in total. The highest BCUT2D eigenvalue weighted by Crippen LogP contribution is 2.25. The van der Waals surface area contributed by atoms with Gasteiger partial charge < -0.3 is 10.5 Å². The number of ether oxygens (including phenoxy) is 1. The predicted molar refractivity (Wildman–Crippen MR) is 74.6 cm³/mol. The Bertz CT molecular complexity index is 506. The van der Waals surface area contributed by atoms with Gasteiger partial charge in [-0.2, -0.15) is 0 Å². The smallest absolute Gasteiger partial charge is 0.124 e. The van der Waals surface area contributed by atoms with Gasteiger partial charge >= 0.3 is 0 Å². The van der Waals surface area contributed by atoms with Gasteiger partial charge in [0.05, 0.1) is 0 Å². The molecule has 94 valence electrons. The summed E-state index contributed by atoms with van der Waals surface area (Å²) in [6, 6.07) is 16.3. The van der Waals surface area contributed by atoms with Crippen LogP contribution in [0.3, 0.4) is 0 Å². The molecule has 18 heavy (non-hydrogen) atoms. The summed E-state index contributed by atoms with van der Waals surface area (Å²) in [6.45, 7) is 4.61. The number of nitrogens with two attached hydrogens (primary N) is 1. The summed E-state index contributed by atoms with van der Waals surface area (Å²) >= 11 is 0. The van der Waals surface area contributed by atoms with Crippen LogP contribution in [-0.2, 0) is 6.61 Å². The number of hydrogen-bond acceptors (Lipinski definition) is 2. The summed E-state index contributed by atoms with van der Waals surface area (Å²) < 4.78 is 5.86. The average Bonchev–Trinajstić information content (AvgIpc) is 2.38. The molecule has 0 aromatic heterocycles.